The lowest BCUT2D eigenvalue weighted by Gasteiger charge is -2.26. The van der Waals surface area contributed by atoms with Crippen molar-refractivity contribution in [3.63, 3.8) is 0 Å². The number of hydrogen-bond acceptors (Lipinski definition) is 4. The van der Waals surface area contributed by atoms with Gasteiger partial charge in [0.25, 0.3) is 0 Å². The first kappa shape index (κ1) is 21.9. The Hall–Kier alpha value is -2.78. The van der Waals surface area contributed by atoms with Gasteiger partial charge in [0.15, 0.2) is 0 Å². The molecule has 1 amide bonds. The minimum absolute atomic E-state index is 0.0232. The van der Waals surface area contributed by atoms with Crippen LogP contribution in [0.5, 0.6) is 5.75 Å². The predicted octanol–water partition coefficient (Wildman–Crippen LogP) is 4.11. The number of halogens is 2. The summed E-state index contributed by atoms with van der Waals surface area (Å²) in [5.41, 5.74) is 0.456. The molecule has 1 heterocycles. The molecule has 1 N–H and O–H groups in total. The summed E-state index contributed by atoms with van der Waals surface area (Å²) < 4.78 is 56.8. The van der Waals surface area contributed by atoms with Crippen LogP contribution >= 0.6 is 0 Å². The van der Waals surface area contributed by atoms with Crippen molar-refractivity contribution < 1.29 is 26.7 Å². The van der Waals surface area contributed by atoms with Crippen LogP contribution in [0.2, 0.25) is 0 Å². The molecule has 3 rings (SSSR count). The Bertz CT molecular complexity index is 1020. The molecule has 0 atom stereocenters. The number of rotatable bonds is 7. The van der Waals surface area contributed by atoms with Crippen molar-refractivity contribution in [3.05, 3.63) is 60.2 Å². The maximum absolute atomic E-state index is 13.0. The molecule has 1 aliphatic heterocycles. The number of hydrogen-bond donors (Lipinski definition) is 1. The van der Waals surface area contributed by atoms with Gasteiger partial charge in [-0.3, -0.25) is 4.79 Å². The standard InChI is InChI=1S/C21H22F2N2O4S/c22-21(23)29-18-10-4-2-8-16(18)12-13-20(26)24-17-9-3-5-11-19(17)30(27,28)25-14-6-1-7-15-25/h2-5,8-13,21H,1,6-7,14-15H2,(H,24,26). The Labute approximate surface area is 174 Å². The highest BCUT2D eigenvalue weighted by Crippen LogP contribution is 2.27. The number of para-hydroxylation sites is 2. The van der Waals surface area contributed by atoms with Crippen LogP contribution in [0.4, 0.5) is 14.5 Å². The summed E-state index contributed by atoms with van der Waals surface area (Å²) in [6.07, 6.45) is 5.06. The first-order chi connectivity index (χ1) is 14.4. The molecule has 2 aromatic rings. The van der Waals surface area contributed by atoms with Gasteiger partial charge in [-0.1, -0.05) is 36.8 Å². The molecule has 0 radical (unpaired) electrons. The number of benzene rings is 2. The average molecular weight is 436 g/mol. The molecular formula is C21H22F2N2O4S. The fourth-order valence-electron chi connectivity index (χ4n) is 3.20. The number of nitrogens with zero attached hydrogens (tertiary/aromatic N) is 1. The molecule has 0 aliphatic carbocycles. The van der Waals surface area contributed by atoms with Crippen molar-refractivity contribution in [2.24, 2.45) is 0 Å². The first-order valence-corrected chi connectivity index (χ1v) is 10.9. The summed E-state index contributed by atoms with van der Waals surface area (Å²) in [6, 6.07) is 12.2. The Morgan fingerprint density at radius 3 is 2.43 bits per heavy atom. The summed E-state index contributed by atoms with van der Waals surface area (Å²) in [6.45, 7) is -2.09. The van der Waals surface area contributed by atoms with Gasteiger partial charge >= 0.3 is 6.61 Å². The molecule has 0 unspecified atom stereocenters. The normalized spacial score (nSPS) is 15.4. The van der Waals surface area contributed by atoms with Crippen LogP contribution in [-0.2, 0) is 14.8 Å². The SMILES string of the molecule is O=C(C=Cc1ccccc1OC(F)F)Nc1ccccc1S(=O)(=O)N1CCCCC1. The molecule has 160 valence electrons. The van der Waals surface area contributed by atoms with Crippen molar-refractivity contribution in [2.45, 2.75) is 30.8 Å². The number of carbonyl (C=O) groups is 1. The molecule has 6 nitrogen and oxygen atoms in total. The van der Waals surface area contributed by atoms with Gasteiger partial charge in [0.1, 0.15) is 10.6 Å². The molecule has 1 fully saturated rings. The van der Waals surface area contributed by atoms with Crippen LogP contribution in [0, 0.1) is 0 Å². The Kier molecular flexibility index (Phi) is 7.17. The Morgan fingerprint density at radius 1 is 1.03 bits per heavy atom. The lowest BCUT2D eigenvalue weighted by Crippen LogP contribution is -2.36. The number of alkyl halides is 2. The number of nitrogens with one attached hydrogen (secondary N) is 1. The lowest BCUT2D eigenvalue weighted by molar-refractivity contribution is -0.111. The van der Waals surface area contributed by atoms with E-state index >= 15 is 0 Å². The largest absolute Gasteiger partial charge is 0.434 e. The average Bonchev–Trinajstić information content (AvgIpc) is 2.73. The van der Waals surface area contributed by atoms with Gasteiger partial charge in [0, 0.05) is 24.7 Å². The Morgan fingerprint density at radius 2 is 1.70 bits per heavy atom. The van der Waals surface area contributed by atoms with E-state index in [1.165, 1.54) is 40.7 Å². The summed E-state index contributed by atoms with van der Waals surface area (Å²) in [7, 11) is -3.73. The monoisotopic (exact) mass is 436 g/mol. The summed E-state index contributed by atoms with van der Waals surface area (Å²) >= 11 is 0. The van der Waals surface area contributed by atoms with Gasteiger partial charge in [0.2, 0.25) is 15.9 Å². The van der Waals surface area contributed by atoms with Crippen molar-refractivity contribution in [2.75, 3.05) is 18.4 Å². The first-order valence-electron chi connectivity index (χ1n) is 9.50. The van der Waals surface area contributed by atoms with Gasteiger partial charge in [-0.25, -0.2) is 8.42 Å². The molecule has 2 aromatic carbocycles. The third-order valence-corrected chi connectivity index (χ3v) is 6.58. The van der Waals surface area contributed by atoms with E-state index in [-0.39, 0.29) is 16.3 Å². The van der Waals surface area contributed by atoms with Crippen LogP contribution in [0.25, 0.3) is 6.08 Å². The molecular weight excluding hydrogens is 414 g/mol. The van der Waals surface area contributed by atoms with E-state index in [4.69, 9.17) is 0 Å². The molecule has 0 bridgehead atoms. The van der Waals surface area contributed by atoms with Crippen molar-refractivity contribution in [3.8, 4) is 5.75 Å². The highest BCUT2D eigenvalue weighted by molar-refractivity contribution is 7.89. The predicted molar refractivity (Wildman–Crippen MR) is 110 cm³/mol. The van der Waals surface area contributed by atoms with Crippen LogP contribution in [0.3, 0.4) is 0 Å². The Balaban J connectivity index is 1.78. The summed E-state index contributed by atoms with van der Waals surface area (Å²) in [5, 5.41) is 2.57. The van der Waals surface area contributed by atoms with E-state index in [1.807, 2.05) is 0 Å². The zero-order chi connectivity index (χ0) is 21.6. The maximum atomic E-state index is 13.0. The quantitative estimate of drug-likeness (QED) is 0.663. The maximum Gasteiger partial charge on any atom is 0.387 e. The van der Waals surface area contributed by atoms with Gasteiger partial charge in [0.05, 0.1) is 5.69 Å². The van der Waals surface area contributed by atoms with E-state index in [2.05, 4.69) is 10.1 Å². The van der Waals surface area contributed by atoms with Crippen molar-refractivity contribution >= 4 is 27.7 Å². The van der Waals surface area contributed by atoms with E-state index < -0.39 is 22.5 Å². The number of carbonyl (C=O) groups excluding carboxylic acids is 1. The molecule has 9 heteroatoms. The van der Waals surface area contributed by atoms with Crippen LogP contribution in [0.15, 0.2) is 59.5 Å². The second kappa shape index (κ2) is 9.82. The molecule has 30 heavy (non-hydrogen) atoms. The summed E-state index contributed by atoms with van der Waals surface area (Å²) in [5.74, 6) is -0.659. The van der Waals surface area contributed by atoms with E-state index in [1.54, 1.807) is 18.2 Å². The number of ether oxygens (including phenoxy) is 1. The van der Waals surface area contributed by atoms with Crippen molar-refractivity contribution in [1.29, 1.82) is 0 Å². The lowest BCUT2D eigenvalue weighted by atomic mass is 10.2. The topological polar surface area (TPSA) is 75.7 Å². The fourth-order valence-corrected chi connectivity index (χ4v) is 4.87. The minimum atomic E-state index is -3.73. The zero-order valence-corrected chi connectivity index (χ0v) is 16.9. The molecule has 0 aromatic heterocycles. The molecule has 0 saturated carbocycles. The molecule has 1 aliphatic rings. The van der Waals surface area contributed by atoms with Gasteiger partial charge in [-0.2, -0.15) is 13.1 Å². The smallest absolute Gasteiger partial charge is 0.387 e. The zero-order valence-electron chi connectivity index (χ0n) is 16.1. The summed E-state index contributed by atoms with van der Waals surface area (Å²) in [4.78, 5) is 12.4. The highest BCUT2D eigenvalue weighted by Gasteiger charge is 2.28. The van der Waals surface area contributed by atoms with Gasteiger partial charge < -0.3 is 10.1 Å². The fraction of sp³-hybridized carbons (Fsp3) is 0.286. The number of amides is 1. The third kappa shape index (κ3) is 5.43. The van der Waals surface area contributed by atoms with Gasteiger partial charge in [-0.05, 0) is 37.1 Å². The molecule has 1 saturated heterocycles. The minimum Gasteiger partial charge on any atom is -0.434 e. The van der Waals surface area contributed by atoms with Crippen LogP contribution in [0.1, 0.15) is 24.8 Å². The second-order valence-corrected chi connectivity index (χ2v) is 8.61. The number of anilines is 1. The van der Waals surface area contributed by atoms with Crippen LogP contribution < -0.4 is 10.1 Å². The van der Waals surface area contributed by atoms with Crippen LogP contribution in [-0.4, -0.2) is 38.3 Å². The van der Waals surface area contributed by atoms with Crippen molar-refractivity contribution in [1.82, 2.24) is 4.31 Å². The number of piperidine rings is 1. The van der Waals surface area contributed by atoms with E-state index in [9.17, 15) is 22.0 Å². The van der Waals surface area contributed by atoms with E-state index in [0.29, 0.717) is 18.7 Å². The molecule has 0 spiro atoms. The van der Waals surface area contributed by atoms with E-state index in [0.717, 1.165) is 25.3 Å². The third-order valence-electron chi connectivity index (χ3n) is 4.63. The second-order valence-electron chi connectivity index (χ2n) is 6.70. The number of sulfonamides is 1. The highest BCUT2D eigenvalue weighted by atomic mass is 32.2. The van der Waals surface area contributed by atoms with Gasteiger partial charge in [-0.15, -0.1) is 0 Å².